The molecule has 1 unspecified atom stereocenters. The van der Waals surface area contributed by atoms with Crippen molar-refractivity contribution in [1.29, 1.82) is 0 Å². The van der Waals surface area contributed by atoms with Crippen molar-refractivity contribution in [3.63, 3.8) is 0 Å². The van der Waals surface area contributed by atoms with Crippen LogP contribution in [0.1, 0.15) is 34.1 Å². The number of phenolic OH excluding ortho intramolecular Hbond substituents is 1. The van der Waals surface area contributed by atoms with Crippen molar-refractivity contribution in [2.45, 2.75) is 26.4 Å². The van der Waals surface area contributed by atoms with Gasteiger partial charge in [-0.25, -0.2) is 0 Å². The summed E-state index contributed by atoms with van der Waals surface area (Å²) in [7, 11) is 1.40. The number of Topliss-reactive ketones (excluding diaryl/α,β-unsaturated/α-hetero) is 1. The Kier molecular flexibility index (Phi) is 6.03. The first kappa shape index (κ1) is 22.7. The molecule has 0 aliphatic carbocycles. The van der Waals surface area contributed by atoms with Gasteiger partial charge in [0.25, 0.3) is 11.7 Å². The highest BCUT2D eigenvalue weighted by Gasteiger charge is 2.47. The first-order valence-corrected chi connectivity index (χ1v) is 11.0. The number of rotatable bonds is 5. The van der Waals surface area contributed by atoms with Crippen molar-refractivity contribution >= 4 is 33.4 Å². The molecule has 1 fully saturated rings. The summed E-state index contributed by atoms with van der Waals surface area (Å²) < 4.78 is 11.0. The SMILES string of the molecule is COc1cc(C2/C(=C(\O)c3cc(C)ccc3C)C(=O)C(=O)N2Cc2ccco2)cc(Br)c1O. The molecule has 0 spiro atoms. The van der Waals surface area contributed by atoms with Crippen molar-refractivity contribution in [3.8, 4) is 11.5 Å². The Balaban J connectivity index is 1.96. The zero-order valence-electron chi connectivity index (χ0n) is 18.3. The van der Waals surface area contributed by atoms with Gasteiger partial charge in [0.1, 0.15) is 11.5 Å². The van der Waals surface area contributed by atoms with E-state index in [1.54, 1.807) is 30.3 Å². The molecule has 4 rings (SSSR count). The minimum Gasteiger partial charge on any atom is -0.507 e. The van der Waals surface area contributed by atoms with Gasteiger partial charge in [0.15, 0.2) is 11.5 Å². The maximum atomic E-state index is 13.2. The molecule has 8 heteroatoms. The molecule has 2 N–H and O–H groups in total. The number of ether oxygens (including phenoxy) is 1. The third kappa shape index (κ3) is 4.02. The highest BCUT2D eigenvalue weighted by Crippen LogP contribution is 2.45. The highest BCUT2D eigenvalue weighted by atomic mass is 79.9. The van der Waals surface area contributed by atoms with Crippen LogP contribution in [0.2, 0.25) is 0 Å². The quantitative estimate of drug-likeness (QED) is 0.284. The smallest absolute Gasteiger partial charge is 0.296 e. The molecule has 2 aromatic carbocycles. The fourth-order valence-electron chi connectivity index (χ4n) is 4.00. The Hall–Kier alpha value is -3.52. The summed E-state index contributed by atoms with van der Waals surface area (Å²) in [6, 6.07) is 11.1. The molecule has 0 radical (unpaired) electrons. The van der Waals surface area contributed by atoms with Gasteiger partial charge >= 0.3 is 0 Å². The number of hydrogen-bond donors (Lipinski definition) is 2. The number of aliphatic hydroxyl groups excluding tert-OH is 1. The molecule has 0 saturated carbocycles. The molecule has 1 aromatic heterocycles. The monoisotopic (exact) mass is 511 g/mol. The van der Waals surface area contributed by atoms with Crippen LogP contribution in [0.3, 0.4) is 0 Å². The van der Waals surface area contributed by atoms with Crippen LogP contribution >= 0.6 is 15.9 Å². The van der Waals surface area contributed by atoms with Crippen LogP contribution in [-0.2, 0) is 16.1 Å². The third-order valence-electron chi connectivity index (χ3n) is 5.68. The van der Waals surface area contributed by atoms with Crippen LogP contribution in [0.25, 0.3) is 5.76 Å². The van der Waals surface area contributed by atoms with E-state index in [0.29, 0.717) is 21.4 Å². The predicted molar refractivity (Wildman–Crippen MR) is 125 cm³/mol. The van der Waals surface area contributed by atoms with Gasteiger partial charge in [-0.15, -0.1) is 0 Å². The molecular weight excluding hydrogens is 490 g/mol. The summed E-state index contributed by atoms with van der Waals surface area (Å²) >= 11 is 3.30. The van der Waals surface area contributed by atoms with E-state index in [1.165, 1.54) is 18.3 Å². The molecule has 0 bridgehead atoms. The van der Waals surface area contributed by atoms with Crippen LogP contribution in [0.15, 0.2) is 63.2 Å². The van der Waals surface area contributed by atoms with Crippen molar-refractivity contribution in [3.05, 3.63) is 86.8 Å². The maximum Gasteiger partial charge on any atom is 0.296 e. The number of halogens is 1. The van der Waals surface area contributed by atoms with E-state index < -0.39 is 17.7 Å². The number of phenols is 1. The Labute approximate surface area is 199 Å². The zero-order chi connectivity index (χ0) is 23.9. The molecule has 33 heavy (non-hydrogen) atoms. The summed E-state index contributed by atoms with van der Waals surface area (Å²) in [5, 5.41) is 21.6. The van der Waals surface area contributed by atoms with Gasteiger partial charge in [-0.3, -0.25) is 9.59 Å². The topological polar surface area (TPSA) is 100 Å². The molecule has 1 atom stereocenters. The standard InChI is InChI=1S/C25H22BrNO6/c1-13-6-7-14(2)17(9-13)22(28)20-21(15-10-18(26)23(29)19(11-15)32-3)27(25(31)24(20)30)12-16-5-4-8-33-16/h4-11,21,28-29H,12H2,1-3H3/b22-20+. The normalized spacial score (nSPS) is 17.6. The van der Waals surface area contributed by atoms with Crippen LogP contribution in [0, 0.1) is 13.8 Å². The molecule has 1 saturated heterocycles. The van der Waals surface area contributed by atoms with E-state index in [-0.39, 0.29) is 29.4 Å². The van der Waals surface area contributed by atoms with Gasteiger partial charge in [0.05, 0.1) is 36.0 Å². The van der Waals surface area contributed by atoms with E-state index in [9.17, 15) is 19.8 Å². The van der Waals surface area contributed by atoms with Crippen molar-refractivity contribution in [2.24, 2.45) is 0 Å². The molecule has 170 valence electrons. The Morgan fingerprint density at radius 3 is 2.61 bits per heavy atom. The number of nitrogens with zero attached hydrogens (tertiary/aromatic N) is 1. The predicted octanol–water partition coefficient (Wildman–Crippen LogP) is 5.00. The first-order valence-electron chi connectivity index (χ1n) is 10.2. The third-order valence-corrected chi connectivity index (χ3v) is 6.29. The second-order valence-electron chi connectivity index (χ2n) is 7.88. The number of carbonyl (C=O) groups is 2. The maximum absolute atomic E-state index is 13.2. The largest absolute Gasteiger partial charge is 0.507 e. The number of methoxy groups -OCH3 is 1. The van der Waals surface area contributed by atoms with Crippen molar-refractivity contribution in [2.75, 3.05) is 7.11 Å². The van der Waals surface area contributed by atoms with E-state index >= 15 is 0 Å². The molecule has 1 aliphatic rings. The minimum atomic E-state index is -0.930. The number of amides is 1. The summed E-state index contributed by atoms with van der Waals surface area (Å²) in [6.45, 7) is 3.72. The zero-order valence-corrected chi connectivity index (χ0v) is 19.8. The fourth-order valence-corrected chi connectivity index (χ4v) is 4.46. The first-order chi connectivity index (χ1) is 15.7. The van der Waals surface area contributed by atoms with E-state index in [4.69, 9.17) is 9.15 Å². The number of carbonyl (C=O) groups excluding carboxylic acids is 2. The number of furan rings is 1. The average molecular weight is 512 g/mol. The lowest BCUT2D eigenvalue weighted by molar-refractivity contribution is -0.140. The second-order valence-corrected chi connectivity index (χ2v) is 8.73. The van der Waals surface area contributed by atoms with Gasteiger partial charge in [-0.2, -0.15) is 0 Å². The van der Waals surface area contributed by atoms with Gasteiger partial charge in [-0.1, -0.05) is 17.7 Å². The Bertz CT molecular complexity index is 1280. The number of aromatic hydroxyl groups is 1. The summed E-state index contributed by atoms with van der Waals surface area (Å²) in [4.78, 5) is 27.7. The van der Waals surface area contributed by atoms with Crippen LogP contribution in [-0.4, -0.2) is 33.9 Å². The van der Waals surface area contributed by atoms with Crippen molar-refractivity contribution in [1.82, 2.24) is 4.90 Å². The van der Waals surface area contributed by atoms with Gasteiger partial charge in [0, 0.05) is 5.56 Å². The van der Waals surface area contributed by atoms with Crippen LogP contribution in [0.4, 0.5) is 0 Å². The highest BCUT2D eigenvalue weighted by molar-refractivity contribution is 9.10. The number of likely N-dealkylation sites (tertiary alicyclic amines) is 1. The fraction of sp³-hybridized carbons (Fsp3) is 0.200. The number of aliphatic hydroxyl groups is 1. The van der Waals surface area contributed by atoms with Gasteiger partial charge < -0.3 is 24.3 Å². The van der Waals surface area contributed by atoms with Crippen LogP contribution in [0.5, 0.6) is 11.5 Å². The lowest BCUT2D eigenvalue weighted by atomic mass is 9.93. The molecule has 1 aliphatic heterocycles. The lowest BCUT2D eigenvalue weighted by Gasteiger charge is -2.25. The Morgan fingerprint density at radius 1 is 1.18 bits per heavy atom. The number of ketones is 1. The Morgan fingerprint density at radius 2 is 1.94 bits per heavy atom. The average Bonchev–Trinajstić information content (AvgIpc) is 3.39. The van der Waals surface area contributed by atoms with E-state index in [1.807, 2.05) is 26.0 Å². The van der Waals surface area contributed by atoms with Gasteiger partial charge in [-0.05, 0) is 71.2 Å². The lowest BCUT2D eigenvalue weighted by Crippen LogP contribution is -2.29. The molecule has 1 amide bonds. The van der Waals surface area contributed by atoms with E-state index in [0.717, 1.165) is 11.1 Å². The molecular formula is C25H22BrNO6. The van der Waals surface area contributed by atoms with E-state index in [2.05, 4.69) is 15.9 Å². The number of benzene rings is 2. The summed E-state index contributed by atoms with van der Waals surface area (Å²) in [6.07, 6.45) is 1.48. The molecule has 3 aromatic rings. The summed E-state index contributed by atoms with van der Waals surface area (Å²) in [5.74, 6) is -1.28. The van der Waals surface area contributed by atoms with Crippen molar-refractivity contribution < 1.29 is 29.0 Å². The molecule has 2 heterocycles. The number of hydrogen-bond acceptors (Lipinski definition) is 6. The second kappa shape index (κ2) is 8.78. The number of aryl methyl sites for hydroxylation is 2. The minimum absolute atomic E-state index is 0.0205. The summed E-state index contributed by atoms with van der Waals surface area (Å²) in [5.41, 5.74) is 2.57. The van der Waals surface area contributed by atoms with Crippen LogP contribution < -0.4 is 4.74 Å². The van der Waals surface area contributed by atoms with Gasteiger partial charge in [0.2, 0.25) is 0 Å². The molecule has 7 nitrogen and oxygen atoms in total.